The summed E-state index contributed by atoms with van der Waals surface area (Å²) in [5, 5.41) is 6.55. The molecule has 2 N–H and O–H groups in total. The van der Waals surface area contributed by atoms with Crippen LogP contribution in [-0.2, 0) is 27.5 Å². The number of likely N-dealkylation sites (tertiary alicyclic amines) is 1. The van der Waals surface area contributed by atoms with Crippen LogP contribution in [0, 0.1) is 5.82 Å². The number of amides is 1. The first-order valence-corrected chi connectivity index (χ1v) is 15.1. The molecule has 0 atom stereocenters. The smallest absolute Gasteiger partial charge is 0.475 e. The van der Waals surface area contributed by atoms with E-state index >= 15 is 0 Å². The second-order valence-corrected chi connectivity index (χ2v) is 12.7. The number of rotatable bonds is 8. The minimum absolute atomic E-state index is 0.141. The standard InChI is InChI=1S/C25H27F4N3O4S.C2HF3O2/c26-22-11-16(20(15-1-2-15)12-21(22)24(33)31-37(34,35)19-4-5-19)14-32-9-7-18(8-10-32)36-23-6-3-17(13-30-23)25(27,28)29;3-2(4,5)1(6)7/h3,6,11-13,15,18-19H,1-2,4-5,7-10,14H2,(H,31,33);(H,6,7). The van der Waals surface area contributed by atoms with E-state index in [1.54, 1.807) is 0 Å². The molecule has 0 radical (unpaired) electrons. The van der Waals surface area contributed by atoms with Gasteiger partial charge >= 0.3 is 18.3 Å². The van der Waals surface area contributed by atoms with Gasteiger partial charge in [-0.15, -0.1) is 0 Å². The number of pyridine rings is 1. The number of carboxylic acid groups (broad SMARTS) is 1. The largest absolute Gasteiger partial charge is 0.490 e. The monoisotopic (exact) mass is 655 g/mol. The number of aromatic nitrogens is 1. The number of piperidine rings is 1. The molecule has 44 heavy (non-hydrogen) atoms. The third kappa shape index (κ3) is 9.03. The van der Waals surface area contributed by atoms with E-state index in [9.17, 15) is 43.9 Å². The van der Waals surface area contributed by atoms with Crippen molar-refractivity contribution in [1.29, 1.82) is 0 Å². The number of hydrogen-bond donors (Lipinski definition) is 2. The normalized spacial score (nSPS) is 18.2. The predicted octanol–water partition coefficient (Wildman–Crippen LogP) is 5.02. The van der Waals surface area contributed by atoms with E-state index in [-0.39, 0.29) is 23.5 Å². The van der Waals surface area contributed by atoms with Crippen LogP contribution in [0.4, 0.5) is 30.7 Å². The van der Waals surface area contributed by atoms with Gasteiger partial charge in [-0.05, 0) is 73.8 Å². The van der Waals surface area contributed by atoms with Gasteiger partial charge in [-0.2, -0.15) is 26.3 Å². The summed E-state index contributed by atoms with van der Waals surface area (Å²) in [7, 11) is -3.78. The van der Waals surface area contributed by atoms with E-state index in [0.717, 1.165) is 36.2 Å². The van der Waals surface area contributed by atoms with E-state index in [2.05, 4.69) is 9.88 Å². The van der Waals surface area contributed by atoms with Crippen molar-refractivity contribution in [3.8, 4) is 5.88 Å². The second kappa shape index (κ2) is 12.9. The van der Waals surface area contributed by atoms with Crippen molar-refractivity contribution < 1.29 is 58.6 Å². The van der Waals surface area contributed by atoms with Gasteiger partial charge < -0.3 is 9.84 Å². The number of nitrogens with one attached hydrogen (secondary N) is 1. The van der Waals surface area contributed by atoms with Crippen LogP contribution in [0.1, 0.15) is 71.5 Å². The average molecular weight is 656 g/mol. The summed E-state index contributed by atoms with van der Waals surface area (Å²) in [6, 6.07) is 4.98. The third-order valence-electron chi connectivity index (χ3n) is 7.21. The van der Waals surface area contributed by atoms with Crippen LogP contribution in [0.25, 0.3) is 0 Å². The molecule has 2 aliphatic carbocycles. The Bertz CT molecular complexity index is 1470. The Balaban J connectivity index is 0.000000566. The molecule has 5 rings (SSSR count). The van der Waals surface area contributed by atoms with Crippen LogP contribution < -0.4 is 9.46 Å². The Hall–Kier alpha value is -3.47. The molecule has 1 saturated heterocycles. The maximum atomic E-state index is 14.9. The Labute approximate surface area is 247 Å². The number of halogens is 7. The van der Waals surface area contributed by atoms with Crippen LogP contribution in [0.2, 0.25) is 0 Å². The van der Waals surface area contributed by atoms with Gasteiger partial charge in [0.05, 0.1) is 16.4 Å². The summed E-state index contributed by atoms with van der Waals surface area (Å²) in [5.74, 6) is -4.09. The van der Waals surface area contributed by atoms with E-state index in [1.165, 1.54) is 18.2 Å². The Morgan fingerprint density at radius 2 is 1.61 bits per heavy atom. The number of benzene rings is 1. The van der Waals surface area contributed by atoms with Crippen LogP contribution in [-0.4, -0.2) is 65.9 Å². The molecule has 0 spiro atoms. The molecule has 1 aromatic heterocycles. The zero-order valence-electron chi connectivity index (χ0n) is 22.9. The molecule has 2 aromatic rings. The topological polar surface area (TPSA) is 126 Å². The highest BCUT2D eigenvalue weighted by atomic mass is 32.2. The lowest BCUT2D eigenvalue weighted by molar-refractivity contribution is -0.192. The Morgan fingerprint density at radius 1 is 1.00 bits per heavy atom. The summed E-state index contributed by atoms with van der Waals surface area (Å²) < 4.78 is 117. The molecular weight excluding hydrogens is 627 g/mol. The SMILES string of the molecule is O=C(NS(=O)(=O)C1CC1)c1cc(C2CC2)c(CN2CCC(Oc3ccc(C(F)(F)F)cn3)CC2)cc1F.O=C(O)C(F)(F)F. The number of carbonyl (C=O) groups excluding carboxylic acids is 1. The van der Waals surface area contributed by atoms with E-state index in [1.807, 2.05) is 4.72 Å². The number of hydrogen-bond acceptors (Lipinski definition) is 7. The molecular formula is C27H28F7N3O6S. The van der Waals surface area contributed by atoms with Gasteiger partial charge in [0.1, 0.15) is 11.9 Å². The molecule has 3 fully saturated rings. The fourth-order valence-corrected chi connectivity index (χ4v) is 5.87. The molecule has 1 aromatic carbocycles. The van der Waals surface area contributed by atoms with E-state index in [0.29, 0.717) is 45.3 Å². The summed E-state index contributed by atoms with van der Waals surface area (Å²) in [6.45, 7) is 1.74. The lowest BCUT2D eigenvalue weighted by Crippen LogP contribution is -2.38. The van der Waals surface area contributed by atoms with Crippen molar-refractivity contribution in [2.24, 2.45) is 0 Å². The molecule has 0 bridgehead atoms. The molecule has 2 saturated carbocycles. The van der Waals surface area contributed by atoms with Gasteiger partial charge in [0.15, 0.2) is 0 Å². The second-order valence-electron chi connectivity index (χ2n) is 10.8. The van der Waals surface area contributed by atoms with Crippen LogP contribution in [0.5, 0.6) is 5.88 Å². The Morgan fingerprint density at radius 3 is 2.09 bits per heavy atom. The number of ether oxygens (including phenoxy) is 1. The molecule has 2 heterocycles. The number of carbonyl (C=O) groups is 2. The van der Waals surface area contributed by atoms with E-state index in [4.69, 9.17) is 14.6 Å². The summed E-state index contributed by atoms with van der Waals surface area (Å²) in [4.78, 5) is 27.3. The summed E-state index contributed by atoms with van der Waals surface area (Å²) >= 11 is 0. The van der Waals surface area contributed by atoms with Gasteiger partial charge in [0.2, 0.25) is 15.9 Å². The first-order valence-electron chi connectivity index (χ1n) is 13.5. The lowest BCUT2D eigenvalue weighted by Gasteiger charge is -2.32. The van der Waals surface area contributed by atoms with Gasteiger partial charge in [-0.25, -0.2) is 27.3 Å². The number of nitrogens with zero attached hydrogens (tertiary/aromatic N) is 2. The zero-order chi connectivity index (χ0) is 32.4. The van der Waals surface area contributed by atoms with Crippen molar-refractivity contribution in [3.63, 3.8) is 0 Å². The van der Waals surface area contributed by atoms with Gasteiger partial charge in [-0.1, -0.05) is 0 Å². The Kier molecular flexibility index (Phi) is 9.78. The minimum atomic E-state index is -5.08. The number of sulfonamides is 1. The number of aliphatic carboxylic acids is 1. The molecule has 9 nitrogen and oxygen atoms in total. The number of alkyl halides is 6. The van der Waals surface area contributed by atoms with E-state index < -0.39 is 50.9 Å². The summed E-state index contributed by atoms with van der Waals surface area (Å²) in [5.41, 5.74) is 0.542. The predicted molar refractivity (Wildman–Crippen MR) is 140 cm³/mol. The third-order valence-corrected chi connectivity index (χ3v) is 9.03. The fraction of sp³-hybridized carbons (Fsp3) is 0.519. The quantitative estimate of drug-likeness (QED) is 0.380. The minimum Gasteiger partial charge on any atom is -0.475 e. The van der Waals surface area contributed by atoms with Gasteiger partial charge in [0, 0.05) is 31.9 Å². The molecule has 17 heteroatoms. The molecule has 3 aliphatic rings. The van der Waals surface area contributed by atoms with Gasteiger partial charge in [0.25, 0.3) is 5.91 Å². The first kappa shape index (κ1) is 33.4. The van der Waals surface area contributed by atoms with Crippen LogP contribution in [0.3, 0.4) is 0 Å². The molecule has 0 unspecified atom stereocenters. The van der Waals surface area contributed by atoms with Crippen molar-refractivity contribution in [2.75, 3.05) is 13.1 Å². The maximum absolute atomic E-state index is 14.9. The molecule has 1 aliphatic heterocycles. The number of carboxylic acids is 1. The maximum Gasteiger partial charge on any atom is 0.490 e. The lowest BCUT2D eigenvalue weighted by atomic mass is 9.97. The molecule has 1 amide bonds. The van der Waals surface area contributed by atoms with Crippen LogP contribution in [0.15, 0.2) is 30.5 Å². The average Bonchev–Trinajstić information content (AvgIpc) is 3.82. The molecule has 242 valence electrons. The van der Waals surface area contributed by atoms with Crippen molar-refractivity contribution in [3.05, 3.63) is 58.5 Å². The highest BCUT2D eigenvalue weighted by molar-refractivity contribution is 7.91. The van der Waals surface area contributed by atoms with Gasteiger partial charge in [-0.3, -0.25) is 9.69 Å². The first-order chi connectivity index (χ1) is 20.4. The van der Waals surface area contributed by atoms with Crippen molar-refractivity contribution >= 4 is 21.9 Å². The van der Waals surface area contributed by atoms with Crippen LogP contribution >= 0.6 is 0 Å². The van der Waals surface area contributed by atoms with Crippen molar-refractivity contribution in [1.82, 2.24) is 14.6 Å². The summed E-state index contributed by atoms with van der Waals surface area (Å²) in [6.07, 6.45) is -4.87. The van der Waals surface area contributed by atoms with Crippen molar-refractivity contribution in [2.45, 2.75) is 74.7 Å². The zero-order valence-corrected chi connectivity index (χ0v) is 23.7. The highest BCUT2D eigenvalue weighted by Crippen LogP contribution is 2.43. The fourth-order valence-electron chi connectivity index (χ4n) is 4.58. The highest BCUT2D eigenvalue weighted by Gasteiger charge is 2.39.